The van der Waals surface area contributed by atoms with Crippen molar-refractivity contribution >= 4 is 12.0 Å². The van der Waals surface area contributed by atoms with Gasteiger partial charge in [0, 0.05) is 6.92 Å². The maximum Gasteiger partial charge on any atom is 0.326 e. The molecule has 8 heteroatoms. The predicted molar refractivity (Wildman–Crippen MR) is 60.7 cm³/mol. The van der Waals surface area contributed by atoms with E-state index in [4.69, 9.17) is 9.63 Å². The first kappa shape index (κ1) is 13.9. The molecule has 1 aromatic rings. The number of nitrogens with one attached hydrogen (secondary N) is 2. The van der Waals surface area contributed by atoms with E-state index in [1.54, 1.807) is 20.8 Å². The van der Waals surface area contributed by atoms with Crippen LogP contribution in [0, 0.1) is 12.8 Å². The van der Waals surface area contributed by atoms with Gasteiger partial charge in [-0.05, 0) is 5.92 Å². The van der Waals surface area contributed by atoms with Crippen LogP contribution in [0.2, 0.25) is 0 Å². The van der Waals surface area contributed by atoms with E-state index in [0.29, 0.717) is 11.7 Å². The van der Waals surface area contributed by atoms with Crippen molar-refractivity contribution in [1.29, 1.82) is 0 Å². The molecule has 0 aliphatic heterocycles. The van der Waals surface area contributed by atoms with Crippen LogP contribution in [-0.4, -0.2) is 33.3 Å². The Balaban J connectivity index is 2.43. The molecule has 1 aromatic heterocycles. The molecule has 3 N–H and O–H groups in total. The van der Waals surface area contributed by atoms with Gasteiger partial charge in [-0.15, -0.1) is 0 Å². The Labute approximate surface area is 104 Å². The highest BCUT2D eigenvalue weighted by Gasteiger charge is 2.23. The Morgan fingerprint density at radius 3 is 2.56 bits per heavy atom. The standard InChI is InChI=1S/C10H16N4O4/c1-5(2)8(9(15)16)13-10(17)11-4-7-12-6(3)18-14-7/h5,8H,4H2,1-3H3,(H,15,16)(H2,11,13,17). The molecule has 0 aliphatic rings. The van der Waals surface area contributed by atoms with Gasteiger partial charge >= 0.3 is 12.0 Å². The summed E-state index contributed by atoms with van der Waals surface area (Å²) >= 11 is 0. The zero-order valence-electron chi connectivity index (χ0n) is 10.4. The smallest absolute Gasteiger partial charge is 0.326 e. The first-order valence-electron chi connectivity index (χ1n) is 5.46. The molecule has 1 atom stereocenters. The number of nitrogens with zero attached hydrogens (tertiary/aromatic N) is 2. The lowest BCUT2D eigenvalue weighted by atomic mass is 10.1. The Hall–Kier alpha value is -2.12. The molecule has 0 aromatic carbocycles. The van der Waals surface area contributed by atoms with Crippen molar-refractivity contribution in [2.75, 3.05) is 0 Å². The molecular formula is C10H16N4O4. The van der Waals surface area contributed by atoms with E-state index in [2.05, 4.69) is 20.8 Å². The van der Waals surface area contributed by atoms with Crippen LogP contribution in [0.4, 0.5) is 4.79 Å². The number of aryl methyl sites for hydroxylation is 1. The summed E-state index contributed by atoms with van der Waals surface area (Å²) in [6.45, 7) is 5.13. The maximum atomic E-state index is 11.5. The number of amides is 2. The molecule has 100 valence electrons. The van der Waals surface area contributed by atoms with Crippen molar-refractivity contribution in [2.24, 2.45) is 5.92 Å². The van der Waals surface area contributed by atoms with Crippen LogP contribution >= 0.6 is 0 Å². The monoisotopic (exact) mass is 256 g/mol. The highest BCUT2D eigenvalue weighted by atomic mass is 16.5. The second-order valence-corrected chi connectivity index (χ2v) is 4.12. The van der Waals surface area contributed by atoms with E-state index in [0.717, 1.165) is 0 Å². The second kappa shape index (κ2) is 5.99. The minimum absolute atomic E-state index is 0.0770. The maximum absolute atomic E-state index is 11.5. The minimum Gasteiger partial charge on any atom is -0.480 e. The highest BCUT2D eigenvalue weighted by molar-refractivity contribution is 5.82. The molecule has 8 nitrogen and oxygen atoms in total. The average molecular weight is 256 g/mol. The third-order valence-corrected chi connectivity index (χ3v) is 2.20. The molecule has 1 rings (SSSR count). The molecule has 1 unspecified atom stereocenters. The molecule has 0 aliphatic carbocycles. The van der Waals surface area contributed by atoms with E-state index in [-0.39, 0.29) is 12.5 Å². The number of urea groups is 1. The predicted octanol–water partition coefficient (Wildman–Crippen LogP) is 0.286. The fourth-order valence-electron chi connectivity index (χ4n) is 1.28. The van der Waals surface area contributed by atoms with Gasteiger partial charge in [-0.2, -0.15) is 4.98 Å². The van der Waals surface area contributed by atoms with Gasteiger partial charge in [-0.25, -0.2) is 9.59 Å². The highest BCUT2D eigenvalue weighted by Crippen LogP contribution is 2.01. The van der Waals surface area contributed by atoms with Gasteiger partial charge in [-0.1, -0.05) is 19.0 Å². The summed E-state index contributed by atoms with van der Waals surface area (Å²) in [4.78, 5) is 26.2. The summed E-state index contributed by atoms with van der Waals surface area (Å²) in [7, 11) is 0. The van der Waals surface area contributed by atoms with E-state index >= 15 is 0 Å². The number of aliphatic carboxylic acids is 1. The van der Waals surface area contributed by atoms with E-state index in [1.165, 1.54) is 0 Å². The molecule has 0 saturated carbocycles. The topological polar surface area (TPSA) is 117 Å². The van der Waals surface area contributed by atoms with Crippen molar-refractivity contribution in [3.8, 4) is 0 Å². The molecule has 1 heterocycles. The Morgan fingerprint density at radius 1 is 1.44 bits per heavy atom. The summed E-state index contributed by atoms with van der Waals surface area (Å²) in [5, 5.41) is 17.3. The lowest BCUT2D eigenvalue weighted by Gasteiger charge is -2.17. The van der Waals surface area contributed by atoms with Crippen LogP contribution in [-0.2, 0) is 11.3 Å². The van der Waals surface area contributed by atoms with Gasteiger partial charge in [0.05, 0.1) is 6.54 Å². The molecule has 0 saturated heterocycles. The van der Waals surface area contributed by atoms with Crippen LogP contribution in [0.1, 0.15) is 25.6 Å². The molecule has 18 heavy (non-hydrogen) atoms. The number of carboxylic acid groups (broad SMARTS) is 1. The minimum atomic E-state index is -1.07. The third kappa shape index (κ3) is 4.04. The van der Waals surface area contributed by atoms with Crippen LogP contribution in [0.25, 0.3) is 0 Å². The van der Waals surface area contributed by atoms with Gasteiger partial charge < -0.3 is 20.3 Å². The lowest BCUT2D eigenvalue weighted by Crippen LogP contribution is -2.48. The molecule has 0 bridgehead atoms. The van der Waals surface area contributed by atoms with Crippen molar-refractivity contribution in [2.45, 2.75) is 33.4 Å². The number of carboxylic acids is 1. The van der Waals surface area contributed by atoms with Crippen molar-refractivity contribution in [3.05, 3.63) is 11.7 Å². The summed E-state index contributed by atoms with van der Waals surface area (Å²) in [6.07, 6.45) is 0. The lowest BCUT2D eigenvalue weighted by molar-refractivity contribution is -0.140. The van der Waals surface area contributed by atoms with Gasteiger partial charge in [0.1, 0.15) is 6.04 Å². The summed E-state index contributed by atoms with van der Waals surface area (Å²) in [5.41, 5.74) is 0. The summed E-state index contributed by atoms with van der Waals surface area (Å²) in [6, 6.07) is -1.52. The number of carbonyl (C=O) groups excluding carboxylic acids is 1. The number of hydrogen-bond donors (Lipinski definition) is 3. The third-order valence-electron chi connectivity index (χ3n) is 2.20. The normalized spacial score (nSPS) is 12.2. The van der Waals surface area contributed by atoms with Crippen molar-refractivity contribution < 1.29 is 19.2 Å². The first-order valence-corrected chi connectivity index (χ1v) is 5.46. The summed E-state index contributed by atoms with van der Waals surface area (Å²) in [5.74, 6) is -0.548. The van der Waals surface area contributed by atoms with Crippen LogP contribution in [0.15, 0.2) is 4.52 Å². The number of aromatic nitrogens is 2. The van der Waals surface area contributed by atoms with E-state index < -0.39 is 18.0 Å². The zero-order valence-corrected chi connectivity index (χ0v) is 10.4. The van der Waals surface area contributed by atoms with E-state index in [1.807, 2.05) is 0 Å². The zero-order chi connectivity index (χ0) is 13.7. The van der Waals surface area contributed by atoms with Crippen molar-refractivity contribution in [1.82, 2.24) is 20.8 Å². The van der Waals surface area contributed by atoms with Gasteiger partial charge in [0.2, 0.25) is 5.89 Å². The van der Waals surface area contributed by atoms with Gasteiger partial charge in [0.25, 0.3) is 0 Å². The number of rotatable bonds is 5. The molecule has 0 spiro atoms. The number of carbonyl (C=O) groups is 2. The largest absolute Gasteiger partial charge is 0.480 e. The fraction of sp³-hybridized carbons (Fsp3) is 0.600. The quantitative estimate of drug-likeness (QED) is 0.696. The van der Waals surface area contributed by atoms with Gasteiger partial charge in [-0.3, -0.25) is 0 Å². The Bertz CT molecular complexity index is 429. The fourth-order valence-corrected chi connectivity index (χ4v) is 1.28. The Morgan fingerprint density at radius 2 is 2.11 bits per heavy atom. The molecule has 0 radical (unpaired) electrons. The molecular weight excluding hydrogens is 240 g/mol. The first-order chi connectivity index (χ1) is 8.40. The number of hydrogen-bond acceptors (Lipinski definition) is 5. The summed E-state index contributed by atoms with van der Waals surface area (Å²) < 4.78 is 4.73. The van der Waals surface area contributed by atoms with E-state index in [9.17, 15) is 9.59 Å². The Kier molecular flexibility index (Phi) is 4.64. The van der Waals surface area contributed by atoms with Crippen LogP contribution in [0.3, 0.4) is 0 Å². The van der Waals surface area contributed by atoms with Crippen LogP contribution < -0.4 is 10.6 Å². The van der Waals surface area contributed by atoms with Crippen LogP contribution in [0.5, 0.6) is 0 Å². The molecule has 0 fully saturated rings. The average Bonchev–Trinajstić information content (AvgIpc) is 2.68. The SMILES string of the molecule is Cc1nc(CNC(=O)NC(C(=O)O)C(C)C)no1. The van der Waals surface area contributed by atoms with Crippen molar-refractivity contribution in [3.63, 3.8) is 0 Å². The van der Waals surface area contributed by atoms with Gasteiger partial charge in [0.15, 0.2) is 5.82 Å². The molecule has 2 amide bonds. The second-order valence-electron chi connectivity index (χ2n) is 4.12.